The van der Waals surface area contributed by atoms with Crippen molar-refractivity contribution in [2.75, 3.05) is 0 Å². The predicted molar refractivity (Wildman–Crippen MR) is 87.4 cm³/mol. The van der Waals surface area contributed by atoms with Gasteiger partial charge in [0.15, 0.2) is 0 Å². The number of hydrogen-bond donors (Lipinski definition) is 1. The Hall–Kier alpha value is -1.58. The highest BCUT2D eigenvalue weighted by Crippen LogP contribution is 2.37. The van der Waals surface area contributed by atoms with Crippen LogP contribution in [-0.2, 0) is 24.2 Å². The highest BCUT2D eigenvalue weighted by Gasteiger charge is 2.23. The van der Waals surface area contributed by atoms with Crippen molar-refractivity contribution in [2.24, 2.45) is 5.41 Å². The first-order valence-corrected chi connectivity index (χ1v) is 8.38. The lowest BCUT2D eigenvalue weighted by atomic mass is 9.75. The normalized spacial score (nSPS) is 17.4. The number of nitrogens with one attached hydrogen (secondary N) is 1. The van der Waals surface area contributed by atoms with E-state index in [0.717, 1.165) is 55.5 Å². The Morgan fingerprint density at radius 2 is 1.95 bits per heavy atom. The Bertz CT molecular complexity index is 522. The van der Waals surface area contributed by atoms with Gasteiger partial charge in [0.2, 0.25) is 5.91 Å². The van der Waals surface area contributed by atoms with Gasteiger partial charge in [-0.05, 0) is 37.5 Å². The van der Waals surface area contributed by atoms with Crippen LogP contribution in [0.3, 0.4) is 0 Å². The van der Waals surface area contributed by atoms with Gasteiger partial charge >= 0.3 is 0 Å². The van der Waals surface area contributed by atoms with Crippen LogP contribution >= 0.6 is 0 Å². The predicted octanol–water partition coefficient (Wildman–Crippen LogP) is 3.94. The summed E-state index contributed by atoms with van der Waals surface area (Å²) < 4.78 is 5.32. The Morgan fingerprint density at radius 3 is 2.55 bits per heavy atom. The summed E-state index contributed by atoms with van der Waals surface area (Å²) in [5, 5.41) is 7.06. The van der Waals surface area contributed by atoms with Crippen LogP contribution in [0, 0.1) is 5.41 Å². The van der Waals surface area contributed by atoms with E-state index in [4.69, 9.17) is 4.52 Å². The molecular formula is C18H28N2O2. The maximum Gasteiger partial charge on any atom is 0.244 e. The molecule has 22 heavy (non-hydrogen) atoms. The summed E-state index contributed by atoms with van der Waals surface area (Å²) in [7, 11) is 0. The van der Waals surface area contributed by atoms with E-state index in [1.165, 1.54) is 5.57 Å². The number of carbonyl (C=O) groups is 1. The molecule has 0 aromatic carbocycles. The summed E-state index contributed by atoms with van der Waals surface area (Å²) in [6.45, 7) is 9.19. The van der Waals surface area contributed by atoms with Crippen LogP contribution in [0.1, 0.15) is 70.4 Å². The van der Waals surface area contributed by atoms with Crippen molar-refractivity contribution in [3.63, 3.8) is 0 Å². The van der Waals surface area contributed by atoms with Gasteiger partial charge in [-0.1, -0.05) is 38.4 Å². The molecule has 1 aromatic heterocycles. The zero-order chi connectivity index (χ0) is 16.2. The number of nitrogens with zero attached hydrogens (tertiary/aromatic N) is 1. The molecule has 0 spiro atoms. The largest absolute Gasteiger partial charge is 0.361 e. The fraction of sp³-hybridized carbons (Fsp3) is 0.667. The van der Waals surface area contributed by atoms with Crippen molar-refractivity contribution >= 4 is 5.91 Å². The van der Waals surface area contributed by atoms with Gasteiger partial charge in [-0.15, -0.1) is 0 Å². The van der Waals surface area contributed by atoms with E-state index in [-0.39, 0.29) is 5.91 Å². The molecule has 0 saturated heterocycles. The molecule has 0 unspecified atom stereocenters. The number of aryl methyl sites for hydroxylation is 2. The Balaban J connectivity index is 1.92. The second-order valence-electron chi connectivity index (χ2n) is 6.92. The van der Waals surface area contributed by atoms with Crippen molar-refractivity contribution in [1.82, 2.24) is 10.5 Å². The van der Waals surface area contributed by atoms with Gasteiger partial charge in [0.25, 0.3) is 0 Å². The second kappa shape index (κ2) is 7.12. The first-order valence-electron chi connectivity index (χ1n) is 8.38. The topological polar surface area (TPSA) is 55.1 Å². The van der Waals surface area contributed by atoms with E-state index in [9.17, 15) is 4.79 Å². The molecule has 4 heteroatoms. The minimum Gasteiger partial charge on any atom is -0.361 e. The van der Waals surface area contributed by atoms with Crippen LogP contribution in [0.25, 0.3) is 0 Å². The Kier molecular flexibility index (Phi) is 5.43. The van der Waals surface area contributed by atoms with Gasteiger partial charge in [0.1, 0.15) is 5.76 Å². The third kappa shape index (κ3) is 4.21. The van der Waals surface area contributed by atoms with Gasteiger partial charge in [-0.25, -0.2) is 0 Å². The summed E-state index contributed by atoms with van der Waals surface area (Å²) >= 11 is 0. The fourth-order valence-electron chi connectivity index (χ4n) is 2.94. The third-order valence-electron chi connectivity index (χ3n) is 4.63. The molecule has 1 aliphatic carbocycles. The highest BCUT2D eigenvalue weighted by molar-refractivity contribution is 5.88. The van der Waals surface area contributed by atoms with Crippen LogP contribution in [0.5, 0.6) is 0 Å². The van der Waals surface area contributed by atoms with E-state index in [1.54, 1.807) is 6.08 Å². The summed E-state index contributed by atoms with van der Waals surface area (Å²) in [6.07, 6.45) is 7.82. The summed E-state index contributed by atoms with van der Waals surface area (Å²) in [6, 6.07) is 0. The first-order chi connectivity index (χ1) is 10.4. The molecule has 1 fully saturated rings. The molecule has 1 heterocycles. The number of rotatable bonds is 5. The third-order valence-corrected chi connectivity index (χ3v) is 4.63. The van der Waals surface area contributed by atoms with Gasteiger partial charge < -0.3 is 9.84 Å². The molecule has 0 atom stereocenters. The number of hydrogen-bond acceptors (Lipinski definition) is 3. The van der Waals surface area contributed by atoms with Gasteiger partial charge in [-0.3, -0.25) is 4.79 Å². The minimum atomic E-state index is 0.0000113. The lowest BCUT2D eigenvalue weighted by Gasteiger charge is -2.30. The molecule has 1 N–H and O–H groups in total. The molecule has 1 aromatic rings. The molecule has 0 aliphatic heterocycles. The fourth-order valence-corrected chi connectivity index (χ4v) is 2.94. The van der Waals surface area contributed by atoms with E-state index in [1.807, 2.05) is 13.8 Å². The van der Waals surface area contributed by atoms with Crippen LogP contribution in [-0.4, -0.2) is 11.1 Å². The smallest absolute Gasteiger partial charge is 0.244 e. The average molecular weight is 304 g/mol. The molecule has 2 rings (SSSR count). The average Bonchev–Trinajstić information content (AvgIpc) is 2.89. The summed E-state index contributed by atoms with van der Waals surface area (Å²) in [5.74, 6) is 0.879. The van der Waals surface area contributed by atoms with Gasteiger partial charge in [-0.2, -0.15) is 0 Å². The van der Waals surface area contributed by atoms with E-state index in [0.29, 0.717) is 12.0 Å². The van der Waals surface area contributed by atoms with Crippen LogP contribution in [0.15, 0.2) is 16.2 Å². The van der Waals surface area contributed by atoms with Crippen molar-refractivity contribution in [3.8, 4) is 0 Å². The van der Waals surface area contributed by atoms with Crippen molar-refractivity contribution < 1.29 is 9.32 Å². The SMILES string of the molecule is CCc1noc(CC)c1CNC(=O)C=C1CCC(C)(C)CC1. The standard InChI is InChI=1S/C18H28N2O2/c1-5-15-14(16(6-2)22-20-15)12-19-17(21)11-13-7-9-18(3,4)10-8-13/h11H,5-10,12H2,1-4H3,(H,19,21). The molecular weight excluding hydrogens is 276 g/mol. The molecule has 1 saturated carbocycles. The first kappa shape index (κ1) is 16.8. The number of carbonyl (C=O) groups excluding carboxylic acids is 1. The minimum absolute atomic E-state index is 0.0000113. The zero-order valence-corrected chi connectivity index (χ0v) is 14.3. The number of allylic oxidation sites excluding steroid dienone is 1. The van der Waals surface area contributed by atoms with Crippen molar-refractivity contribution in [3.05, 3.63) is 28.7 Å². The van der Waals surface area contributed by atoms with Crippen molar-refractivity contribution in [2.45, 2.75) is 72.8 Å². The molecule has 1 aliphatic rings. The zero-order valence-electron chi connectivity index (χ0n) is 14.3. The van der Waals surface area contributed by atoms with Crippen LogP contribution in [0.4, 0.5) is 0 Å². The maximum absolute atomic E-state index is 12.1. The maximum atomic E-state index is 12.1. The molecule has 4 nitrogen and oxygen atoms in total. The summed E-state index contributed by atoms with van der Waals surface area (Å²) in [4.78, 5) is 12.1. The van der Waals surface area contributed by atoms with Gasteiger partial charge in [0, 0.05) is 24.6 Å². The molecule has 122 valence electrons. The van der Waals surface area contributed by atoms with Gasteiger partial charge in [0.05, 0.1) is 5.69 Å². The molecule has 0 bridgehead atoms. The number of amides is 1. The molecule has 1 amide bonds. The summed E-state index contributed by atoms with van der Waals surface area (Å²) in [5.41, 5.74) is 3.68. The lowest BCUT2D eigenvalue weighted by Crippen LogP contribution is -2.23. The van der Waals surface area contributed by atoms with Crippen LogP contribution < -0.4 is 5.32 Å². The van der Waals surface area contributed by atoms with E-state index in [2.05, 4.69) is 24.3 Å². The lowest BCUT2D eigenvalue weighted by molar-refractivity contribution is -0.116. The quantitative estimate of drug-likeness (QED) is 0.838. The monoisotopic (exact) mass is 304 g/mol. The second-order valence-corrected chi connectivity index (χ2v) is 6.92. The Morgan fingerprint density at radius 1 is 1.27 bits per heavy atom. The van der Waals surface area contributed by atoms with Crippen LogP contribution in [0.2, 0.25) is 0 Å². The Labute approximate surface area is 133 Å². The van der Waals surface area contributed by atoms with E-state index >= 15 is 0 Å². The van der Waals surface area contributed by atoms with E-state index < -0.39 is 0 Å². The number of aromatic nitrogens is 1. The highest BCUT2D eigenvalue weighted by atomic mass is 16.5. The molecule has 0 radical (unpaired) electrons. The van der Waals surface area contributed by atoms with Crippen molar-refractivity contribution in [1.29, 1.82) is 0 Å².